The third kappa shape index (κ3) is 8.03. The van der Waals surface area contributed by atoms with Crippen LogP contribution in [0.15, 0.2) is 0 Å². The van der Waals surface area contributed by atoms with Crippen LogP contribution in [0.5, 0.6) is 0 Å². The van der Waals surface area contributed by atoms with E-state index >= 15 is 0 Å². The largest absolute Gasteiger partial charge is 0.481 e. The first kappa shape index (κ1) is 29.3. The number of fused-ring (bicyclic) bond motifs is 2. The van der Waals surface area contributed by atoms with Crippen molar-refractivity contribution in [1.82, 2.24) is 9.80 Å². The lowest BCUT2D eigenvalue weighted by atomic mass is 10.2. The maximum Gasteiger partial charge on any atom is 0.410 e. The van der Waals surface area contributed by atoms with E-state index in [1.54, 1.807) is 9.80 Å². The zero-order valence-corrected chi connectivity index (χ0v) is 22.6. The number of hydrogen-bond donors (Lipinski definition) is 2. The van der Waals surface area contributed by atoms with E-state index in [-0.39, 0.29) is 58.9 Å². The summed E-state index contributed by atoms with van der Waals surface area (Å²) < 4.78 is 10.5. The summed E-state index contributed by atoms with van der Waals surface area (Å²) in [6.07, 6.45) is -0.619. The molecule has 0 bridgehead atoms. The van der Waals surface area contributed by atoms with Crippen LogP contribution in [0.25, 0.3) is 0 Å². The molecule has 10 nitrogen and oxygen atoms in total. The summed E-state index contributed by atoms with van der Waals surface area (Å²) in [5.41, 5.74) is 4.28. The molecule has 3 N–H and O–H groups in total. The number of amides is 3. The van der Waals surface area contributed by atoms with E-state index in [1.165, 1.54) is 0 Å². The molecule has 2 aliphatic heterocycles. The lowest BCUT2D eigenvalue weighted by Gasteiger charge is -2.25. The Morgan fingerprint density at radius 1 is 0.771 bits per heavy atom. The number of carbonyl (C=O) groups excluding carboxylic acids is 3. The Hall–Kier alpha value is -1.94. The highest BCUT2D eigenvalue weighted by atomic mass is 35.5. The van der Waals surface area contributed by atoms with Gasteiger partial charge in [0.05, 0.1) is 11.3 Å². The van der Waals surface area contributed by atoms with E-state index in [1.807, 2.05) is 41.5 Å². The molecule has 35 heavy (non-hydrogen) atoms. The number of nitrogens with zero attached hydrogens (tertiary/aromatic N) is 2. The Balaban J connectivity index is 0.000000222. The number of carbonyl (C=O) groups is 4. The van der Waals surface area contributed by atoms with Crippen molar-refractivity contribution in [2.24, 2.45) is 41.2 Å². The fourth-order valence-electron chi connectivity index (χ4n) is 4.79. The van der Waals surface area contributed by atoms with Gasteiger partial charge in [0.1, 0.15) is 11.2 Å². The van der Waals surface area contributed by atoms with E-state index in [9.17, 15) is 19.2 Å². The van der Waals surface area contributed by atoms with Crippen LogP contribution in [0.4, 0.5) is 9.59 Å². The van der Waals surface area contributed by atoms with E-state index in [0.29, 0.717) is 26.2 Å². The van der Waals surface area contributed by atoms with Crippen LogP contribution in [-0.2, 0) is 19.1 Å². The summed E-state index contributed by atoms with van der Waals surface area (Å²) in [6.45, 7) is 13.2. The summed E-state index contributed by atoms with van der Waals surface area (Å²) in [4.78, 5) is 48.3. The van der Waals surface area contributed by atoms with E-state index < -0.39 is 17.2 Å². The Morgan fingerprint density at radius 3 is 1.29 bits per heavy atom. The number of nitrogens with two attached hydrogens (primary N) is 1. The molecule has 6 atom stereocenters. The predicted molar refractivity (Wildman–Crippen MR) is 130 cm³/mol. The van der Waals surface area contributed by atoms with Gasteiger partial charge in [-0.15, -0.1) is 23.2 Å². The lowest BCUT2D eigenvalue weighted by molar-refractivity contribution is -0.139. The quantitative estimate of drug-likeness (QED) is 0.515. The highest BCUT2D eigenvalue weighted by Crippen LogP contribution is 2.52. The molecule has 3 amide bonds. The van der Waals surface area contributed by atoms with E-state index in [2.05, 4.69) is 0 Å². The Labute approximate surface area is 216 Å². The summed E-state index contributed by atoms with van der Waals surface area (Å²) >= 11 is 9.53. The molecule has 0 spiro atoms. The van der Waals surface area contributed by atoms with Crippen LogP contribution in [0.3, 0.4) is 0 Å². The molecule has 0 radical (unpaired) electrons. The molecular weight excluding hydrogens is 501 g/mol. The zero-order valence-electron chi connectivity index (χ0n) is 21.1. The number of rotatable bonds is 2. The highest BCUT2D eigenvalue weighted by molar-refractivity contribution is 6.40. The third-order valence-corrected chi connectivity index (χ3v) is 6.31. The van der Waals surface area contributed by atoms with Gasteiger partial charge in [0.2, 0.25) is 5.91 Å². The van der Waals surface area contributed by atoms with Gasteiger partial charge in [-0.2, -0.15) is 0 Å². The molecule has 2 heterocycles. The van der Waals surface area contributed by atoms with Gasteiger partial charge < -0.3 is 30.1 Å². The maximum atomic E-state index is 11.7. The predicted octanol–water partition coefficient (Wildman–Crippen LogP) is 3.19. The summed E-state index contributed by atoms with van der Waals surface area (Å²) in [5, 5.41) is 9.03. The van der Waals surface area contributed by atoms with Crippen molar-refractivity contribution in [3.8, 4) is 0 Å². The number of carboxylic acids is 1. The minimum atomic E-state index is -0.737. The minimum absolute atomic E-state index is 0.0151. The fourth-order valence-corrected chi connectivity index (χ4v) is 4.79. The van der Waals surface area contributed by atoms with Crippen LogP contribution in [0.2, 0.25) is 0 Å². The second kappa shape index (κ2) is 11.0. The monoisotopic (exact) mass is 537 g/mol. The average Bonchev–Trinajstić information content (AvgIpc) is 3.41. The second-order valence-electron chi connectivity index (χ2n) is 11.3. The normalized spacial score (nSPS) is 29.9. The first-order valence-corrected chi connectivity index (χ1v) is 12.7. The molecule has 2 saturated heterocycles. The summed E-state index contributed by atoms with van der Waals surface area (Å²) in [7, 11) is 0. The minimum Gasteiger partial charge on any atom is -0.481 e. The molecule has 4 aliphatic rings. The third-order valence-electron chi connectivity index (χ3n) is 6.31. The van der Waals surface area contributed by atoms with E-state index in [4.69, 9.17) is 43.5 Å². The van der Waals surface area contributed by atoms with Crippen molar-refractivity contribution in [2.75, 3.05) is 31.5 Å². The van der Waals surface area contributed by atoms with E-state index in [0.717, 1.165) is 0 Å². The van der Waals surface area contributed by atoms with Crippen molar-refractivity contribution in [3.63, 3.8) is 0 Å². The van der Waals surface area contributed by atoms with Crippen molar-refractivity contribution in [2.45, 2.75) is 52.7 Å². The van der Waals surface area contributed by atoms with Crippen molar-refractivity contribution < 1.29 is 33.8 Å². The lowest BCUT2D eigenvalue weighted by Crippen LogP contribution is -2.38. The number of likely N-dealkylation sites (tertiary alicyclic amines) is 2. The second-order valence-corrected chi connectivity index (χ2v) is 12.1. The molecule has 200 valence electrons. The molecule has 2 unspecified atom stereocenters. The number of ether oxygens (including phenoxy) is 2. The summed E-state index contributed by atoms with van der Waals surface area (Å²) in [6, 6.07) is 0. The number of piperidine rings is 2. The van der Waals surface area contributed by atoms with Crippen molar-refractivity contribution >= 4 is 47.3 Å². The van der Waals surface area contributed by atoms with Gasteiger partial charge in [-0.3, -0.25) is 9.59 Å². The molecule has 4 rings (SSSR count). The Morgan fingerprint density at radius 2 is 1.06 bits per heavy atom. The van der Waals surface area contributed by atoms with Crippen LogP contribution < -0.4 is 5.73 Å². The van der Waals surface area contributed by atoms with Crippen molar-refractivity contribution in [3.05, 3.63) is 0 Å². The van der Waals surface area contributed by atoms with Gasteiger partial charge in [0, 0.05) is 32.1 Å². The molecule has 4 fully saturated rings. The zero-order chi connectivity index (χ0) is 26.9. The highest BCUT2D eigenvalue weighted by Gasteiger charge is 2.61. The van der Waals surface area contributed by atoms with Gasteiger partial charge in [0.15, 0.2) is 0 Å². The molecule has 12 heteroatoms. The number of carboxylic acid groups (broad SMARTS) is 1. The molecule has 2 aliphatic carbocycles. The number of aliphatic carboxylic acids is 1. The molecule has 2 saturated carbocycles. The van der Waals surface area contributed by atoms with Gasteiger partial charge >= 0.3 is 18.2 Å². The fraction of sp³-hybridized carbons (Fsp3) is 0.826. The van der Waals surface area contributed by atoms with Crippen LogP contribution in [0.1, 0.15) is 41.5 Å². The molecule has 0 aromatic carbocycles. The molecular formula is C23H37Cl2N3O7. The number of primary amides is 1. The van der Waals surface area contributed by atoms with Crippen LogP contribution in [-0.4, -0.2) is 81.7 Å². The van der Waals surface area contributed by atoms with Gasteiger partial charge in [-0.25, -0.2) is 9.59 Å². The number of halogens is 2. The smallest absolute Gasteiger partial charge is 0.410 e. The van der Waals surface area contributed by atoms with Gasteiger partial charge in [-0.1, -0.05) is 0 Å². The van der Waals surface area contributed by atoms with Gasteiger partial charge in [0.25, 0.3) is 0 Å². The number of hydrogen-bond acceptors (Lipinski definition) is 6. The summed E-state index contributed by atoms with van der Waals surface area (Å²) in [5.74, 6) is -0.403. The first-order valence-electron chi connectivity index (χ1n) is 11.6. The topological polar surface area (TPSA) is 139 Å². The SMILES string of the molecule is CC(C)(C)OC(=O)N1C[C@@H]2C(C(=O)O)[C@@H]2C1.CC(C)(C)OC(=O)N1C[C@@H]2C(C(N)=O)[C@@H]2C1.ClCCl. The van der Waals surface area contributed by atoms with Gasteiger partial charge in [-0.05, 0) is 65.2 Å². The first-order chi connectivity index (χ1) is 16.0. The number of alkyl halides is 2. The average molecular weight is 538 g/mol. The van der Waals surface area contributed by atoms with Crippen molar-refractivity contribution in [1.29, 1.82) is 0 Å². The Bertz CT molecular complexity index is 737. The molecule has 0 aromatic heterocycles. The van der Waals surface area contributed by atoms with Crippen LogP contribution >= 0.6 is 23.2 Å². The van der Waals surface area contributed by atoms with Crippen LogP contribution in [0, 0.1) is 35.5 Å². The maximum absolute atomic E-state index is 11.7. The standard InChI is InChI=1S/C11H18N2O3.C11H17NO4.CH2Cl2/c1-11(2,3)16-10(15)13-4-6-7(5-13)8(6)9(12)14;1-11(2,3)16-10(15)12-4-6-7(5-12)8(6)9(13)14;2-1-3/h6-8H,4-5H2,1-3H3,(H2,12,14);6-8H,4-5H2,1-3H3,(H,13,14);1H2/t2*6-,7+,8?;. The molecule has 0 aromatic rings. The Kier molecular flexibility index (Phi) is 9.19.